The maximum absolute atomic E-state index is 9.95. The first-order valence-corrected chi connectivity index (χ1v) is 5.95. The van der Waals surface area contributed by atoms with E-state index in [1.807, 2.05) is 36.4 Å². The van der Waals surface area contributed by atoms with Crippen molar-refractivity contribution in [1.82, 2.24) is 4.57 Å². The largest absolute Gasteiger partial charge is 0.756 e. The number of phosphoric acid groups is 1. The predicted molar refractivity (Wildman–Crippen MR) is 57.4 cm³/mol. The van der Waals surface area contributed by atoms with Crippen LogP contribution in [-0.4, -0.2) is 18.8 Å². The summed E-state index contributed by atoms with van der Waals surface area (Å²) < 4.78 is 21.7. The standard InChI is InChI=1S/C7H11N2.C2H7O4P/c1-3-4-9-6-5-8(2)7-9;1-5-7(3,4)6-2/h3,5-7H,1,4H2,2H3;1-2H3,(H,3,4)/q+1;/p-1. The molecule has 92 valence electrons. The van der Waals surface area contributed by atoms with Gasteiger partial charge in [-0.2, -0.15) is 0 Å². The Hall–Kier alpha value is -0.940. The Morgan fingerprint density at radius 2 is 2.12 bits per heavy atom. The number of nitrogens with zero attached hydrogens (tertiary/aromatic N) is 2. The summed E-state index contributed by atoms with van der Waals surface area (Å²) in [5.41, 5.74) is 0. The fourth-order valence-electron chi connectivity index (χ4n) is 0.833. The van der Waals surface area contributed by atoms with Gasteiger partial charge in [-0.15, -0.1) is 0 Å². The van der Waals surface area contributed by atoms with E-state index >= 15 is 0 Å². The van der Waals surface area contributed by atoms with Crippen molar-refractivity contribution in [3.63, 3.8) is 0 Å². The molecule has 0 saturated heterocycles. The molecule has 1 rings (SSSR count). The van der Waals surface area contributed by atoms with E-state index in [1.54, 1.807) is 0 Å². The van der Waals surface area contributed by atoms with Crippen LogP contribution in [0.2, 0.25) is 0 Å². The number of aryl methyl sites for hydroxylation is 1. The number of phosphoric ester groups is 1. The Kier molecular flexibility index (Phi) is 6.92. The molecule has 0 aliphatic carbocycles. The van der Waals surface area contributed by atoms with Crippen molar-refractivity contribution in [1.29, 1.82) is 0 Å². The highest BCUT2D eigenvalue weighted by atomic mass is 31.2. The minimum Gasteiger partial charge on any atom is -0.756 e. The van der Waals surface area contributed by atoms with Crippen molar-refractivity contribution >= 4 is 7.82 Å². The third-order valence-electron chi connectivity index (χ3n) is 1.61. The molecule has 1 aromatic heterocycles. The van der Waals surface area contributed by atoms with Gasteiger partial charge in [-0.25, -0.2) is 9.13 Å². The smallest absolute Gasteiger partial charge is 0.267 e. The molecule has 16 heavy (non-hydrogen) atoms. The van der Waals surface area contributed by atoms with Crippen LogP contribution in [0, 0.1) is 0 Å². The highest BCUT2D eigenvalue weighted by molar-refractivity contribution is 7.45. The number of allylic oxidation sites excluding steroid dienone is 1. The van der Waals surface area contributed by atoms with Gasteiger partial charge in [-0.3, -0.25) is 4.57 Å². The van der Waals surface area contributed by atoms with Gasteiger partial charge >= 0.3 is 0 Å². The quantitative estimate of drug-likeness (QED) is 0.435. The van der Waals surface area contributed by atoms with Gasteiger partial charge in [0.25, 0.3) is 7.82 Å². The van der Waals surface area contributed by atoms with E-state index < -0.39 is 7.82 Å². The molecule has 7 heteroatoms. The maximum atomic E-state index is 9.95. The van der Waals surface area contributed by atoms with Crippen molar-refractivity contribution in [2.24, 2.45) is 7.05 Å². The van der Waals surface area contributed by atoms with Crippen molar-refractivity contribution < 1.29 is 23.1 Å². The maximum Gasteiger partial charge on any atom is 0.267 e. The molecule has 1 heterocycles. The second kappa shape index (κ2) is 7.35. The first-order chi connectivity index (χ1) is 7.45. The van der Waals surface area contributed by atoms with Gasteiger partial charge in [0.2, 0.25) is 6.33 Å². The van der Waals surface area contributed by atoms with Crippen molar-refractivity contribution in [3.05, 3.63) is 31.4 Å². The summed E-state index contributed by atoms with van der Waals surface area (Å²) in [6.45, 7) is 4.52. The summed E-state index contributed by atoms with van der Waals surface area (Å²) in [5, 5.41) is 0. The first kappa shape index (κ1) is 15.1. The SMILES string of the molecule is C=CCn1cc[n+](C)c1.COP(=O)([O-])OC. The van der Waals surface area contributed by atoms with Crippen LogP contribution in [0.15, 0.2) is 31.4 Å². The number of imidazole rings is 1. The van der Waals surface area contributed by atoms with E-state index in [0.29, 0.717) is 0 Å². The molecule has 6 nitrogen and oxygen atoms in total. The van der Waals surface area contributed by atoms with Crippen molar-refractivity contribution in [2.45, 2.75) is 6.54 Å². The third-order valence-corrected chi connectivity index (χ3v) is 2.51. The van der Waals surface area contributed by atoms with E-state index in [0.717, 1.165) is 20.8 Å². The van der Waals surface area contributed by atoms with Gasteiger partial charge in [0.1, 0.15) is 18.9 Å². The van der Waals surface area contributed by atoms with Gasteiger partial charge in [0.05, 0.1) is 7.05 Å². The first-order valence-electron chi connectivity index (χ1n) is 4.49. The summed E-state index contributed by atoms with van der Waals surface area (Å²) in [7, 11) is 0.173. The second-order valence-electron chi connectivity index (χ2n) is 2.88. The zero-order valence-corrected chi connectivity index (χ0v) is 10.6. The molecular weight excluding hydrogens is 231 g/mol. The lowest BCUT2D eigenvalue weighted by molar-refractivity contribution is -0.671. The highest BCUT2D eigenvalue weighted by Crippen LogP contribution is 2.34. The summed E-state index contributed by atoms with van der Waals surface area (Å²) in [4.78, 5) is 9.95. The highest BCUT2D eigenvalue weighted by Gasteiger charge is 1.98. The minimum atomic E-state index is -3.90. The van der Waals surface area contributed by atoms with Gasteiger partial charge in [-0.05, 0) is 0 Å². The van der Waals surface area contributed by atoms with Crippen LogP contribution >= 0.6 is 7.82 Å². The zero-order chi connectivity index (χ0) is 12.6. The van der Waals surface area contributed by atoms with Crippen LogP contribution < -0.4 is 9.46 Å². The molecule has 0 saturated carbocycles. The fourth-order valence-corrected chi connectivity index (χ4v) is 0.982. The average molecular weight is 248 g/mol. The van der Waals surface area contributed by atoms with Crippen LogP contribution in [0.25, 0.3) is 0 Å². The average Bonchev–Trinajstić information content (AvgIpc) is 2.66. The number of aromatic nitrogens is 2. The molecule has 0 spiro atoms. The van der Waals surface area contributed by atoms with Gasteiger partial charge < -0.3 is 13.9 Å². The van der Waals surface area contributed by atoms with Gasteiger partial charge in [-0.1, -0.05) is 12.7 Å². The lowest BCUT2D eigenvalue weighted by Gasteiger charge is -2.16. The number of rotatable bonds is 4. The topological polar surface area (TPSA) is 67.4 Å². The Morgan fingerprint density at radius 3 is 2.38 bits per heavy atom. The summed E-state index contributed by atoms with van der Waals surface area (Å²) in [5.74, 6) is 0. The summed E-state index contributed by atoms with van der Waals surface area (Å²) >= 11 is 0. The molecule has 0 aromatic carbocycles. The van der Waals surface area contributed by atoms with Crippen LogP contribution in [0.5, 0.6) is 0 Å². The Morgan fingerprint density at radius 1 is 1.56 bits per heavy atom. The van der Waals surface area contributed by atoms with Gasteiger partial charge in [0.15, 0.2) is 0 Å². The van der Waals surface area contributed by atoms with E-state index in [2.05, 4.69) is 20.2 Å². The fraction of sp³-hybridized carbons (Fsp3) is 0.444. The van der Waals surface area contributed by atoms with E-state index in [4.69, 9.17) is 0 Å². The van der Waals surface area contributed by atoms with Crippen molar-refractivity contribution in [3.8, 4) is 0 Å². The van der Waals surface area contributed by atoms with Crippen LogP contribution in [0.4, 0.5) is 0 Å². The Balaban J connectivity index is 0.000000293. The molecule has 1 aromatic rings. The zero-order valence-electron chi connectivity index (χ0n) is 9.70. The molecule has 0 fully saturated rings. The molecule has 0 unspecified atom stereocenters. The Bertz CT molecular complexity index is 356. The van der Waals surface area contributed by atoms with E-state index in [-0.39, 0.29) is 0 Å². The number of hydrogen-bond donors (Lipinski definition) is 0. The molecule has 0 atom stereocenters. The lowest BCUT2D eigenvalue weighted by atomic mass is 10.6. The second-order valence-corrected chi connectivity index (χ2v) is 4.50. The normalized spacial score (nSPS) is 10.5. The van der Waals surface area contributed by atoms with Crippen LogP contribution in [-0.2, 0) is 27.2 Å². The predicted octanol–water partition coefficient (Wildman–Crippen LogP) is 0.246. The molecule has 0 bridgehead atoms. The van der Waals surface area contributed by atoms with Gasteiger partial charge in [0, 0.05) is 14.2 Å². The van der Waals surface area contributed by atoms with Crippen LogP contribution in [0.1, 0.15) is 0 Å². The Labute approximate surface area is 95.4 Å². The van der Waals surface area contributed by atoms with Crippen molar-refractivity contribution in [2.75, 3.05) is 14.2 Å². The monoisotopic (exact) mass is 248 g/mol. The molecule has 0 radical (unpaired) electrons. The summed E-state index contributed by atoms with van der Waals surface area (Å²) in [6.07, 6.45) is 7.91. The summed E-state index contributed by atoms with van der Waals surface area (Å²) in [6, 6.07) is 0. The molecule has 0 amide bonds. The minimum absolute atomic E-state index is 0.890. The third kappa shape index (κ3) is 6.53. The van der Waals surface area contributed by atoms with E-state index in [1.165, 1.54) is 0 Å². The van der Waals surface area contributed by atoms with Crippen LogP contribution in [0.3, 0.4) is 0 Å². The molecular formula is C9H17N2O4P. The molecule has 0 aliphatic rings. The lowest BCUT2D eigenvalue weighted by Crippen LogP contribution is -2.23. The molecule has 0 aliphatic heterocycles. The number of hydrogen-bond acceptors (Lipinski definition) is 4. The molecule has 0 N–H and O–H groups in total. The van der Waals surface area contributed by atoms with E-state index in [9.17, 15) is 9.46 Å².